The zero-order chi connectivity index (χ0) is 15.5. The lowest BCUT2D eigenvalue weighted by Gasteiger charge is -2.31. The first-order valence-electron chi connectivity index (χ1n) is 6.45. The van der Waals surface area contributed by atoms with Crippen LogP contribution in [0.15, 0.2) is 0 Å². The second-order valence-electron chi connectivity index (χ2n) is 5.70. The van der Waals surface area contributed by atoms with Gasteiger partial charge in [0.15, 0.2) is 0 Å². The van der Waals surface area contributed by atoms with Gasteiger partial charge in [0.2, 0.25) is 17.7 Å². The second kappa shape index (κ2) is 6.02. The smallest absolute Gasteiger partial charge is 0.306 e. The number of carbonyl (C=O) groups excluding carboxylic acids is 4. The van der Waals surface area contributed by atoms with Crippen molar-refractivity contribution in [2.75, 3.05) is 6.54 Å². The SMILES string of the molecule is CC1C(=O)NC(=O)CN1C(=O)CCC(=O)OC(C)(C)C. The molecule has 1 saturated heterocycles. The second-order valence-corrected chi connectivity index (χ2v) is 5.70. The van der Waals surface area contributed by atoms with Crippen LogP contribution in [-0.2, 0) is 23.9 Å². The third kappa shape index (κ3) is 4.64. The summed E-state index contributed by atoms with van der Waals surface area (Å²) in [5.41, 5.74) is -0.603. The lowest BCUT2D eigenvalue weighted by Crippen LogP contribution is -2.58. The third-order valence-corrected chi connectivity index (χ3v) is 2.71. The Hall–Kier alpha value is -1.92. The van der Waals surface area contributed by atoms with Gasteiger partial charge in [0, 0.05) is 6.42 Å². The Kier molecular flexibility index (Phi) is 4.86. The highest BCUT2D eigenvalue weighted by molar-refractivity contribution is 6.04. The molecule has 1 atom stereocenters. The molecule has 7 nitrogen and oxygen atoms in total. The summed E-state index contributed by atoms with van der Waals surface area (Å²) in [5, 5.41) is 2.15. The fourth-order valence-electron chi connectivity index (χ4n) is 1.76. The minimum Gasteiger partial charge on any atom is -0.460 e. The molecule has 1 fully saturated rings. The molecule has 112 valence electrons. The summed E-state index contributed by atoms with van der Waals surface area (Å²) < 4.78 is 5.09. The zero-order valence-corrected chi connectivity index (χ0v) is 12.2. The number of hydrogen-bond acceptors (Lipinski definition) is 5. The number of ether oxygens (including phenoxy) is 1. The van der Waals surface area contributed by atoms with Gasteiger partial charge in [0.05, 0.1) is 6.42 Å². The van der Waals surface area contributed by atoms with E-state index in [1.54, 1.807) is 20.8 Å². The van der Waals surface area contributed by atoms with E-state index >= 15 is 0 Å². The van der Waals surface area contributed by atoms with Gasteiger partial charge in [-0.3, -0.25) is 24.5 Å². The lowest BCUT2D eigenvalue weighted by atomic mass is 10.1. The summed E-state index contributed by atoms with van der Waals surface area (Å²) in [6, 6.07) is -0.709. The summed E-state index contributed by atoms with van der Waals surface area (Å²) in [5.74, 6) is -1.91. The van der Waals surface area contributed by atoms with Crippen molar-refractivity contribution in [1.82, 2.24) is 10.2 Å². The van der Waals surface area contributed by atoms with E-state index in [2.05, 4.69) is 5.32 Å². The minimum atomic E-state index is -0.709. The van der Waals surface area contributed by atoms with Crippen molar-refractivity contribution in [3.05, 3.63) is 0 Å². The highest BCUT2D eigenvalue weighted by Crippen LogP contribution is 2.12. The highest BCUT2D eigenvalue weighted by Gasteiger charge is 2.33. The standard InChI is InChI=1S/C13H20N2O5/c1-8-12(19)14-9(16)7-15(8)10(17)5-6-11(18)20-13(2,3)4/h8H,5-7H2,1-4H3,(H,14,16,19). The van der Waals surface area contributed by atoms with Crippen molar-refractivity contribution < 1.29 is 23.9 Å². The van der Waals surface area contributed by atoms with Crippen LogP contribution in [0.25, 0.3) is 0 Å². The van der Waals surface area contributed by atoms with Crippen molar-refractivity contribution in [3.63, 3.8) is 0 Å². The molecule has 0 aliphatic carbocycles. The predicted molar refractivity (Wildman–Crippen MR) is 69.4 cm³/mol. The van der Waals surface area contributed by atoms with Crippen LogP contribution in [0.5, 0.6) is 0 Å². The summed E-state index contributed by atoms with van der Waals surface area (Å²) in [7, 11) is 0. The molecule has 1 aliphatic heterocycles. The number of piperazine rings is 1. The van der Waals surface area contributed by atoms with E-state index in [0.717, 1.165) is 0 Å². The van der Waals surface area contributed by atoms with E-state index in [9.17, 15) is 19.2 Å². The van der Waals surface area contributed by atoms with Crippen molar-refractivity contribution in [1.29, 1.82) is 0 Å². The van der Waals surface area contributed by atoms with E-state index < -0.39 is 35.3 Å². The van der Waals surface area contributed by atoms with Gasteiger partial charge >= 0.3 is 5.97 Å². The van der Waals surface area contributed by atoms with Crippen LogP contribution in [0, 0.1) is 0 Å². The van der Waals surface area contributed by atoms with Gasteiger partial charge in [-0.2, -0.15) is 0 Å². The monoisotopic (exact) mass is 284 g/mol. The molecule has 0 aromatic heterocycles. The van der Waals surface area contributed by atoms with E-state index in [4.69, 9.17) is 4.74 Å². The van der Waals surface area contributed by atoms with Gasteiger partial charge in [-0.05, 0) is 27.7 Å². The molecule has 1 heterocycles. The first-order valence-corrected chi connectivity index (χ1v) is 6.45. The largest absolute Gasteiger partial charge is 0.460 e. The number of amides is 3. The molecule has 0 bridgehead atoms. The van der Waals surface area contributed by atoms with Gasteiger partial charge < -0.3 is 9.64 Å². The zero-order valence-electron chi connectivity index (χ0n) is 12.2. The lowest BCUT2D eigenvalue weighted by molar-refractivity contribution is -0.157. The van der Waals surface area contributed by atoms with E-state index in [1.165, 1.54) is 11.8 Å². The van der Waals surface area contributed by atoms with Crippen LogP contribution in [-0.4, -0.2) is 46.8 Å². The van der Waals surface area contributed by atoms with Crippen molar-refractivity contribution >= 4 is 23.7 Å². The molecule has 0 aromatic rings. The summed E-state index contributed by atoms with van der Waals surface area (Å²) >= 11 is 0. The highest BCUT2D eigenvalue weighted by atomic mass is 16.6. The molecule has 1 aliphatic rings. The maximum atomic E-state index is 12.0. The van der Waals surface area contributed by atoms with Crippen LogP contribution in [0.1, 0.15) is 40.5 Å². The maximum absolute atomic E-state index is 12.0. The molecule has 1 unspecified atom stereocenters. The average molecular weight is 284 g/mol. The van der Waals surface area contributed by atoms with Crippen molar-refractivity contribution in [2.45, 2.75) is 52.2 Å². The Balaban J connectivity index is 2.52. The molecule has 20 heavy (non-hydrogen) atoms. The number of nitrogens with one attached hydrogen (secondary N) is 1. The van der Waals surface area contributed by atoms with Crippen LogP contribution in [0.2, 0.25) is 0 Å². The normalized spacial score (nSPS) is 19.6. The Bertz CT molecular complexity index is 439. The number of hydrogen-bond donors (Lipinski definition) is 1. The number of imide groups is 1. The molecule has 1 N–H and O–H groups in total. The van der Waals surface area contributed by atoms with Gasteiger partial charge in [-0.25, -0.2) is 0 Å². The van der Waals surface area contributed by atoms with E-state index in [0.29, 0.717) is 0 Å². The molecule has 1 rings (SSSR count). The predicted octanol–water partition coefficient (Wildman–Crippen LogP) is -0.0182. The van der Waals surface area contributed by atoms with Crippen LogP contribution in [0.3, 0.4) is 0 Å². The Morgan fingerprint density at radius 3 is 2.45 bits per heavy atom. The molecule has 0 spiro atoms. The molecule has 0 saturated carbocycles. The third-order valence-electron chi connectivity index (χ3n) is 2.71. The number of nitrogens with zero attached hydrogens (tertiary/aromatic N) is 1. The quantitative estimate of drug-likeness (QED) is 0.581. The van der Waals surface area contributed by atoms with Crippen molar-refractivity contribution in [3.8, 4) is 0 Å². The molecule has 0 aromatic carbocycles. The first kappa shape index (κ1) is 16.1. The molecular weight excluding hydrogens is 264 g/mol. The Morgan fingerprint density at radius 2 is 1.90 bits per heavy atom. The molecular formula is C13H20N2O5. The first-order chi connectivity index (χ1) is 9.10. The van der Waals surface area contributed by atoms with Gasteiger partial charge in [0.1, 0.15) is 18.2 Å². The van der Waals surface area contributed by atoms with Crippen LogP contribution < -0.4 is 5.32 Å². The van der Waals surface area contributed by atoms with Crippen LogP contribution >= 0.6 is 0 Å². The van der Waals surface area contributed by atoms with E-state index in [-0.39, 0.29) is 19.4 Å². The summed E-state index contributed by atoms with van der Waals surface area (Å²) in [6.07, 6.45) is -0.158. The number of esters is 1. The molecule has 0 radical (unpaired) electrons. The van der Waals surface area contributed by atoms with Gasteiger partial charge in [-0.1, -0.05) is 0 Å². The maximum Gasteiger partial charge on any atom is 0.306 e. The minimum absolute atomic E-state index is 0.0743. The summed E-state index contributed by atoms with van der Waals surface area (Å²) in [4.78, 5) is 47.3. The van der Waals surface area contributed by atoms with Gasteiger partial charge in [-0.15, -0.1) is 0 Å². The van der Waals surface area contributed by atoms with Crippen LogP contribution in [0.4, 0.5) is 0 Å². The number of carbonyl (C=O) groups is 4. The fraction of sp³-hybridized carbons (Fsp3) is 0.692. The average Bonchev–Trinajstić information content (AvgIpc) is 2.28. The van der Waals surface area contributed by atoms with E-state index in [1.807, 2.05) is 0 Å². The number of rotatable bonds is 3. The molecule has 7 heteroatoms. The molecule has 3 amide bonds. The Labute approximate surface area is 117 Å². The topological polar surface area (TPSA) is 92.8 Å². The fourth-order valence-corrected chi connectivity index (χ4v) is 1.76. The van der Waals surface area contributed by atoms with Crippen molar-refractivity contribution in [2.24, 2.45) is 0 Å². The Morgan fingerprint density at radius 1 is 1.30 bits per heavy atom. The summed E-state index contributed by atoms with van der Waals surface area (Å²) in [6.45, 7) is 6.58. The van der Waals surface area contributed by atoms with Gasteiger partial charge in [0.25, 0.3) is 0 Å².